The van der Waals surface area contributed by atoms with E-state index < -0.39 is 0 Å². The van der Waals surface area contributed by atoms with Crippen LogP contribution in [0.1, 0.15) is 23.9 Å². The van der Waals surface area contributed by atoms with Crippen molar-refractivity contribution in [1.29, 1.82) is 0 Å². The molecule has 2 atom stereocenters. The number of aryl methyl sites for hydroxylation is 1. The van der Waals surface area contributed by atoms with E-state index >= 15 is 0 Å². The standard InChI is InChI=1S/C11H19N3S/c1-8-4-10(6-14(8)3)12-5-11-9(2)13-7-15-11/h7-8,10,12H,4-6H2,1-3H3. The first-order chi connectivity index (χ1) is 7.16. The number of nitrogens with one attached hydrogen (secondary N) is 1. The second-order valence-electron chi connectivity index (χ2n) is 4.46. The van der Waals surface area contributed by atoms with Crippen molar-refractivity contribution in [1.82, 2.24) is 15.2 Å². The van der Waals surface area contributed by atoms with Crippen LogP contribution in [0.15, 0.2) is 5.51 Å². The van der Waals surface area contributed by atoms with Gasteiger partial charge in [-0.3, -0.25) is 0 Å². The van der Waals surface area contributed by atoms with Gasteiger partial charge < -0.3 is 10.2 Å². The zero-order chi connectivity index (χ0) is 10.8. The van der Waals surface area contributed by atoms with Crippen LogP contribution >= 0.6 is 11.3 Å². The van der Waals surface area contributed by atoms with Crippen molar-refractivity contribution in [3.63, 3.8) is 0 Å². The van der Waals surface area contributed by atoms with E-state index in [4.69, 9.17) is 0 Å². The Hall–Kier alpha value is -0.450. The maximum Gasteiger partial charge on any atom is 0.0798 e. The maximum absolute atomic E-state index is 4.26. The van der Waals surface area contributed by atoms with Crippen LogP contribution in [0.4, 0.5) is 0 Å². The molecule has 1 aliphatic heterocycles. The first kappa shape index (κ1) is 11.0. The zero-order valence-electron chi connectivity index (χ0n) is 9.66. The molecule has 0 amide bonds. The number of thiazole rings is 1. The Morgan fingerprint density at radius 1 is 1.67 bits per heavy atom. The Morgan fingerprint density at radius 3 is 3.00 bits per heavy atom. The van der Waals surface area contributed by atoms with Crippen LogP contribution in [0.2, 0.25) is 0 Å². The number of hydrogen-bond acceptors (Lipinski definition) is 4. The van der Waals surface area contributed by atoms with Crippen molar-refractivity contribution in [2.45, 2.75) is 38.9 Å². The van der Waals surface area contributed by atoms with E-state index in [0.29, 0.717) is 12.1 Å². The number of likely N-dealkylation sites (N-methyl/N-ethyl adjacent to an activating group) is 1. The second-order valence-corrected chi connectivity index (χ2v) is 5.40. The van der Waals surface area contributed by atoms with Crippen molar-refractivity contribution >= 4 is 11.3 Å². The van der Waals surface area contributed by atoms with Gasteiger partial charge in [0, 0.05) is 30.1 Å². The summed E-state index contributed by atoms with van der Waals surface area (Å²) in [5, 5.41) is 3.61. The minimum absolute atomic E-state index is 0.645. The highest BCUT2D eigenvalue weighted by Crippen LogP contribution is 2.17. The smallest absolute Gasteiger partial charge is 0.0798 e. The Bertz CT molecular complexity index is 313. The van der Waals surface area contributed by atoms with Crippen molar-refractivity contribution in [3.05, 3.63) is 16.1 Å². The van der Waals surface area contributed by atoms with Crippen LogP contribution < -0.4 is 5.32 Å². The molecule has 0 aliphatic carbocycles. The summed E-state index contributed by atoms with van der Waals surface area (Å²) in [5.74, 6) is 0. The van der Waals surface area contributed by atoms with Gasteiger partial charge in [0.05, 0.1) is 11.2 Å². The zero-order valence-corrected chi connectivity index (χ0v) is 10.5. The monoisotopic (exact) mass is 225 g/mol. The summed E-state index contributed by atoms with van der Waals surface area (Å²) in [4.78, 5) is 8.05. The Kier molecular flexibility index (Phi) is 3.38. The van der Waals surface area contributed by atoms with Crippen molar-refractivity contribution in [2.75, 3.05) is 13.6 Å². The molecule has 4 heteroatoms. The lowest BCUT2D eigenvalue weighted by molar-refractivity contribution is 0.326. The molecular formula is C11H19N3S. The molecule has 1 aromatic heterocycles. The van der Waals surface area contributed by atoms with Crippen LogP contribution in [0.3, 0.4) is 0 Å². The van der Waals surface area contributed by atoms with Gasteiger partial charge in [-0.2, -0.15) is 0 Å². The molecule has 1 fully saturated rings. The van der Waals surface area contributed by atoms with Gasteiger partial charge in [-0.15, -0.1) is 11.3 Å². The molecule has 84 valence electrons. The third-order valence-corrected chi connectivity index (χ3v) is 4.22. The third kappa shape index (κ3) is 2.56. The minimum Gasteiger partial charge on any atom is -0.308 e. The van der Waals surface area contributed by atoms with Gasteiger partial charge in [-0.1, -0.05) is 0 Å². The van der Waals surface area contributed by atoms with Gasteiger partial charge in [0.25, 0.3) is 0 Å². The van der Waals surface area contributed by atoms with E-state index in [1.807, 2.05) is 5.51 Å². The van der Waals surface area contributed by atoms with E-state index in [9.17, 15) is 0 Å². The van der Waals surface area contributed by atoms with Crippen molar-refractivity contribution in [2.24, 2.45) is 0 Å². The normalized spacial score (nSPS) is 27.4. The molecule has 3 nitrogen and oxygen atoms in total. The lowest BCUT2D eigenvalue weighted by Crippen LogP contribution is -2.30. The molecule has 1 aromatic rings. The van der Waals surface area contributed by atoms with Crippen molar-refractivity contribution < 1.29 is 0 Å². The van der Waals surface area contributed by atoms with Gasteiger partial charge in [0.15, 0.2) is 0 Å². The molecule has 2 rings (SSSR count). The van der Waals surface area contributed by atoms with Gasteiger partial charge in [-0.05, 0) is 27.3 Å². The highest BCUT2D eigenvalue weighted by molar-refractivity contribution is 7.09. The molecule has 1 aliphatic rings. The van der Waals surface area contributed by atoms with Gasteiger partial charge in [0.1, 0.15) is 0 Å². The van der Waals surface area contributed by atoms with Crippen LogP contribution in [0, 0.1) is 6.92 Å². The minimum atomic E-state index is 0.645. The van der Waals surface area contributed by atoms with Crippen molar-refractivity contribution in [3.8, 4) is 0 Å². The Morgan fingerprint density at radius 2 is 2.47 bits per heavy atom. The fourth-order valence-corrected chi connectivity index (χ4v) is 2.80. The number of likely N-dealkylation sites (tertiary alicyclic amines) is 1. The molecule has 0 spiro atoms. The maximum atomic E-state index is 4.26. The molecule has 2 unspecified atom stereocenters. The van der Waals surface area contributed by atoms with E-state index in [1.54, 1.807) is 11.3 Å². The number of nitrogens with zero attached hydrogens (tertiary/aromatic N) is 2. The average molecular weight is 225 g/mol. The van der Waals surface area contributed by atoms with E-state index in [0.717, 1.165) is 6.54 Å². The summed E-state index contributed by atoms with van der Waals surface area (Å²) < 4.78 is 0. The Balaban J connectivity index is 1.82. The summed E-state index contributed by atoms with van der Waals surface area (Å²) >= 11 is 1.75. The molecular weight excluding hydrogens is 206 g/mol. The van der Waals surface area contributed by atoms with Gasteiger partial charge in [0.2, 0.25) is 0 Å². The predicted molar refractivity (Wildman–Crippen MR) is 64.2 cm³/mol. The number of rotatable bonds is 3. The van der Waals surface area contributed by atoms with Gasteiger partial charge >= 0.3 is 0 Å². The fourth-order valence-electron chi connectivity index (χ4n) is 2.07. The SMILES string of the molecule is Cc1ncsc1CNC1CC(C)N(C)C1. The molecule has 2 heterocycles. The van der Waals surface area contributed by atoms with Crippen LogP contribution in [-0.2, 0) is 6.54 Å². The average Bonchev–Trinajstić information content (AvgIpc) is 2.72. The topological polar surface area (TPSA) is 28.2 Å². The van der Waals surface area contributed by atoms with E-state index in [2.05, 4.69) is 36.1 Å². The van der Waals surface area contributed by atoms with Crippen LogP contribution in [0.5, 0.6) is 0 Å². The van der Waals surface area contributed by atoms with Gasteiger partial charge in [-0.25, -0.2) is 4.98 Å². The largest absolute Gasteiger partial charge is 0.308 e. The summed E-state index contributed by atoms with van der Waals surface area (Å²) in [6.45, 7) is 6.51. The number of hydrogen-bond donors (Lipinski definition) is 1. The molecule has 0 saturated carbocycles. The molecule has 0 radical (unpaired) electrons. The highest BCUT2D eigenvalue weighted by atomic mass is 32.1. The van der Waals surface area contributed by atoms with Crippen LogP contribution in [0.25, 0.3) is 0 Å². The molecule has 1 saturated heterocycles. The predicted octanol–water partition coefficient (Wildman–Crippen LogP) is 1.63. The highest BCUT2D eigenvalue weighted by Gasteiger charge is 2.25. The van der Waals surface area contributed by atoms with Crippen LogP contribution in [-0.4, -0.2) is 35.6 Å². The summed E-state index contributed by atoms with van der Waals surface area (Å²) in [6, 6.07) is 1.36. The quantitative estimate of drug-likeness (QED) is 0.847. The molecule has 15 heavy (non-hydrogen) atoms. The fraction of sp³-hybridized carbons (Fsp3) is 0.727. The first-order valence-electron chi connectivity index (χ1n) is 5.49. The summed E-state index contributed by atoms with van der Waals surface area (Å²) in [5.41, 5.74) is 3.10. The first-order valence-corrected chi connectivity index (χ1v) is 6.37. The molecule has 0 aromatic carbocycles. The van der Waals surface area contributed by atoms with E-state index in [1.165, 1.54) is 23.5 Å². The Labute approximate surface area is 95.5 Å². The molecule has 1 N–H and O–H groups in total. The second kappa shape index (κ2) is 4.60. The third-order valence-electron chi connectivity index (χ3n) is 3.28. The molecule has 0 bridgehead atoms. The van der Waals surface area contributed by atoms with E-state index in [-0.39, 0.29) is 0 Å². The summed E-state index contributed by atoms with van der Waals surface area (Å²) in [7, 11) is 2.20. The lowest BCUT2D eigenvalue weighted by Gasteiger charge is -2.13. The summed E-state index contributed by atoms with van der Waals surface area (Å²) in [6.07, 6.45) is 1.26. The number of aromatic nitrogens is 1. The lowest BCUT2D eigenvalue weighted by atomic mass is 10.2.